The molecule has 2 N–H and O–H groups in total. The van der Waals surface area contributed by atoms with Crippen molar-refractivity contribution in [1.29, 1.82) is 0 Å². The molecular weight excluding hydrogens is 223 g/mol. The number of hydrogen-bond acceptors (Lipinski definition) is 5. The van der Waals surface area contributed by atoms with Gasteiger partial charge in [-0.25, -0.2) is 9.37 Å². The molecule has 90 valence electrons. The van der Waals surface area contributed by atoms with Crippen LogP contribution in [0.5, 0.6) is 0 Å². The van der Waals surface area contributed by atoms with Gasteiger partial charge in [-0.2, -0.15) is 4.98 Å². The summed E-state index contributed by atoms with van der Waals surface area (Å²) in [7, 11) is 0. The minimum absolute atomic E-state index is 0.00415. The first-order chi connectivity index (χ1) is 8.19. The summed E-state index contributed by atoms with van der Waals surface area (Å²) in [5, 5.41) is 3.78. The Morgan fingerprint density at radius 2 is 2.29 bits per heavy atom. The summed E-state index contributed by atoms with van der Waals surface area (Å²) in [6, 6.07) is 2.81. The SMILES string of the molecule is CCC(N)Cc1nc(-c2ccc(F)cn2)no1. The summed E-state index contributed by atoms with van der Waals surface area (Å²) in [5.41, 5.74) is 6.26. The summed E-state index contributed by atoms with van der Waals surface area (Å²) in [6.45, 7) is 1.99. The molecule has 0 bridgehead atoms. The summed E-state index contributed by atoms with van der Waals surface area (Å²) in [4.78, 5) is 8.03. The van der Waals surface area contributed by atoms with Crippen LogP contribution in [0.1, 0.15) is 19.2 Å². The number of rotatable bonds is 4. The molecule has 1 unspecified atom stereocenters. The summed E-state index contributed by atoms with van der Waals surface area (Å²) in [6.07, 6.45) is 2.49. The molecule has 0 fully saturated rings. The molecule has 0 amide bonds. The number of pyridine rings is 1. The summed E-state index contributed by atoms with van der Waals surface area (Å²) in [5.74, 6) is 0.425. The lowest BCUT2D eigenvalue weighted by Gasteiger charge is -2.02. The third kappa shape index (κ3) is 2.85. The van der Waals surface area contributed by atoms with Crippen molar-refractivity contribution in [3.8, 4) is 11.5 Å². The molecule has 5 nitrogen and oxygen atoms in total. The third-order valence-electron chi connectivity index (χ3n) is 2.39. The summed E-state index contributed by atoms with van der Waals surface area (Å²) < 4.78 is 17.7. The van der Waals surface area contributed by atoms with E-state index in [-0.39, 0.29) is 6.04 Å². The topological polar surface area (TPSA) is 77.8 Å². The van der Waals surface area contributed by atoms with E-state index in [1.807, 2.05) is 6.92 Å². The normalized spacial score (nSPS) is 12.6. The molecule has 0 radical (unpaired) electrons. The molecule has 17 heavy (non-hydrogen) atoms. The van der Waals surface area contributed by atoms with Gasteiger partial charge in [-0.3, -0.25) is 0 Å². The Bertz CT molecular complexity index is 482. The maximum absolute atomic E-state index is 12.7. The highest BCUT2D eigenvalue weighted by atomic mass is 19.1. The van der Waals surface area contributed by atoms with E-state index in [9.17, 15) is 4.39 Å². The lowest BCUT2D eigenvalue weighted by Crippen LogP contribution is -2.21. The fraction of sp³-hybridized carbons (Fsp3) is 0.364. The van der Waals surface area contributed by atoms with Crippen LogP contribution in [0.25, 0.3) is 11.5 Å². The van der Waals surface area contributed by atoms with Crippen LogP contribution < -0.4 is 5.73 Å². The number of nitrogens with zero attached hydrogens (tertiary/aromatic N) is 3. The van der Waals surface area contributed by atoms with Crippen molar-refractivity contribution in [1.82, 2.24) is 15.1 Å². The Kier molecular flexibility index (Phi) is 3.43. The van der Waals surface area contributed by atoms with Gasteiger partial charge in [0.1, 0.15) is 11.5 Å². The van der Waals surface area contributed by atoms with Crippen molar-refractivity contribution in [3.05, 3.63) is 30.0 Å². The molecule has 2 aromatic rings. The zero-order chi connectivity index (χ0) is 12.3. The van der Waals surface area contributed by atoms with E-state index in [0.29, 0.717) is 23.8 Å². The first-order valence-corrected chi connectivity index (χ1v) is 5.39. The molecular formula is C11H13FN4O. The predicted molar refractivity (Wildman–Crippen MR) is 59.5 cm³/mol. The maximum atomic E-state index is 12.7. The Hall–Kier alpha value is -1.82. The highest BCUT2D eigenvalue weighted by Gasteiger charge is 2.12. The van der Waals surface area contributed by atoms with E-state index in [0.717, 1.165) is 12.6 Å². The van der Waals surface area contributed by atoms with Gasteiger partial charge in [0.25, 0.3) is 0 Å². The predicted octanol–water partition coefficient (Wildman–Crippen LogP) is 1.55. The Balaban J connectivity index is 2.15. The van der Waals surface area contributed by atoms with Crippen LogP contribution in [0.4, 0.5) is 4.39 Å². The van der Waals surface area contributed by atoms with E-state index in [1.54, 1.807) is 0 Å². The quantitative estimate of drug-likeness (QED) is 0.871. The lowest BCUT2D eigenvalue weighted by atomic mass is 10.2. The molecule has 6 heteroatoms. The van der Waals surface area contributed by atoms with Crippen molar-refractivity contribution in [2.75, 3.05) is 0 Å². The van der Waals surface area contributed by atoms with Gasteiger partial charge in [0.15, 0.2) is 0 Å². The van der Waals surface area contributed by atoms with Crippen molar-refractivity contribution in [2.24, 2.45) is 5.73 Å². The van der Waals surface area contributed by atoms with Crippen LogP contribution in [0.2, 0.25) is 0 Å². The molecule has 0 aromatic carbocycles. The molecule has 0 aliphatic heterocycles. The van der Waals surface area contributed by atoms with Crippen molar-refractivity contribution in [2.45, 2.75) is 25.8 Å². The van der Waals surface area contributed by atoms with Crippen molar-refractivity contribution >= 4 is 0 Å². The first-order valence-electron chi connectivity index (χ1n) is 5.39. The van der Waals surface area contributed by atoms with Gasteiger partial charge in [-0.05, 0) is 18.6 Å². The minimum Gasteiger partial charge on any atom is -0.339 e. The van der Waals surface area contributed by atoms with Gasteiger partial charge in [-0.15, -0.1) is 0 Å². The van der Waals surface area contributed by atoms with Crippen LogP contribution in [-0.4, -0.2) is 21.2 Å². The molecule has 0 spiro atoms. The molecule has 0 saturated heterocycles. The third-order valence-corrected chi connectivity index (χ3v) is 2.39. The average Bonchev–Trinajstić information content (AvgIpc) is 2.78. The van der Waals surface area contributed by atoms with E-state index in [2.05, 4.69) is 15.1 Å². The molecule has 2 aromatic heterocycles. The number of halogens is 1. The Morgan fingerprint density at radius 1 is 1.47 bits per heavy atom. The van der Waals surface area contributed by atoms with Crippen LogP contribution in [-0.2, 0) is 6.42 Å². The second-order valence-electron chi connectivity index (χ2n) is 3.75. The van der Waals surface area contributed by atoms with E-state index >= 15 is 0 Å². The maximum Gasteiger partial charge on any atom is 0.228 e. The second kappa shape index (κ2) is 5.01. The Morgan fingerprint density at radius 3 is 2.94 bits per heavy atom. The van der Waals surface area contributed by atoms with Gasteiger partial charge in [0, 0.05) is 12.5 Å². The van der Waals surface area contributed by atoms with Crippen LogP contribution in [0.3, 0.4) is 0 Å². The largest absolute Gasteiger partial charge is 0.339 e. The number of nitrogens with two attached hydrogens (primary N) is 1. The number of aromatic nitrogens is 3. The lowest BCUT2D eigenvalue weighted by molar-refractivity contribution is 0.367. The van der Waals surface area contributed by atoms with Gasteiger partial charge < -0.3 is 10.3 Å². The number of hydrogen-bond donors (Lipinski definition) is 1. The summed E-state index contributed by atoms with van der Waals surface area (Å²) >= 11 is 0. The second-order valence-corrected chi connectivity index (χ2v) is 3.75. The highest BCUT2D eigenvalue weighted by Crippen LogP contribution is 2.13. The van der Waals surface area contributed by atoms with Crippen LogP contribution in [0, 0.1) is 5.82 Å². The first kappa shape index (κ1) is 11.7. The molecule has 0 saturated carbocycles. The van der Waals surface area contributed by atoms with E-state index < -0.39 is 5.82 Å². The zero-order valence-electron chi connectivity index (χ0n) is 9.43. The highest BCUT2D eigenvalue weighted by molar-refractivity contribution is 5.47. The van der Waals surface area contributed by atoms with Gasteiger partial charge in [0.2, 0.25) is 11.7 Å². The molecule has 0 aliphatic rings. The minimum atomic E-state index is -0.398. The average molecular weight is 236 g/mol. The van der Waals surface area contributed by atoms with Crippen molar-refractivity contribution in [3.63, 3.8) is 0 Å². The van der Waals surface area contributed by atoms with Crippen molar-refractivity contribution < 1.29 is 8.91 Å². The molecule has 2 heterocycles. The standard InChI is InChI=1S/C11H13FN4O/c1-2-8(13)5-10-15-11(16-17-10)9-4-3-7(12)6-14-9/h3-4,6,8H,2,5,13H2,1H3. The Labute approximate surface area is 97.9 Å². The fourth-order valence-electron chi connectivity index (χ4n) is 1.32. The fourth-order valence-corrected chi connectivity index (χ4v) is 1.32. The molecule has 2 rings (SSSR count). The van der Waals surface area contributed by atoms with Crippen LogP contribution >= 0.6 is 0 Å². The van der Waals surface area contributed by atoms with E-state index in [1.165, 1.54) is 12.1 Å². The monoisotopic (exact) mass is 236 g/mol. The molecule has 1 atom stereocenters. The smallest absolute Gasteiger partial charge is 0.228 e. The van der Waals surface area contributed by atoms with E-state index in [4.69, 9.17) is 10.3 Å². The van der Waals surface area contributed by atoms with Gasteiger partial charge in [-0.1, -0.05) is 12.1 Å². The van der Waals surface area contributed by atoms with Crippen LogP contribution in [0.15, 0.2) is 22.9 Å². The van der Waals surface area contributed by atoms with Gasteiger partial charge in [0.05, 0.1) is 6.20 Å². The molecule has 0 aliphatic carbocycles. The zero-order valence-corrected chi connectivity index (χ0v) is 9.43. The van der Waals surface area contributed by atoms with Gasteiger partial charge >= 0.3 is 0 Å².